The van der Waals surface area contributed by atoms with Crippen molar-refractivity contribution in [1.82, 2.24) is 25.4 Å². The average Bonchev–Trinajstić information content (AvgIpc) is 3.31. The molecule has 2 unspecified atom stereocenters. The van der Waals surface area contributed by atoms with Crippen LogP contribution >= 0.6 is 11.6 Å². The Bertz CT molecular complexity index is 1380. The molecule has 0 radical (unpaired) electrons. The second kappa shape index (κ2) is 9.68. The van der Waals surface area contributed by atoms with Crippen LogP contribution in [-0.2, 0) is 0 Å². The van der Waals surface area contributed by atoms with Gasteiger partial charge in [-0.1, -0.05) is 23.7 Å². The van der Waals surface area contributed by atoms with E-state index in [1.54, 1.807) is 53.7 Å². The molecular formula is C26H22ClN5O3. The molecule has 35 heavy (non-hydrogen) atoms. The fourth-order valence-corrected chi connectivity index (χ4v) is 4.67. The van der Waals surface area contributed by atoms with Gasteiger partial charge in [-0.3, -0.25) is 14.6 Å². The molecule has 2 amide bonds. The van der Waals surface area contributed by atoms with Crippen molar-refractivity contribution in [2.45, 2.75) is 12.5 Å². The quantitative estimate of drug-likeness (QED) is 0.440. The Morgan fingerprint density at radius 1 is 1.09 bits per heavy atom. The van der Waals surface area contributed by atoms with Crippen molar-refractivity contribution >= 4 is 34.3 Å². The Kier molecular flexibility index (Phi) is 6.29. The summed E-state index contributed by atoms with van der Waals surface area (Å²) < 4.78 is 0. The molecular weight excluding hydrogens is 466 g/mol. The number of likely N-dealkylation sites (tertiary alicyclic amines) is 1. The number of phenolic OH excluding ortho intramolecular Hbond substituents is 1. The monoisotopic (exact) mass is 487 g/mol. The highest BCUT2D eigenvalue weighted by Gasteiger charge is 2.38. The summed E-state index contributed by atoms with van der Waals surface area (Å²) in [5.41, 5.74) is 2.23. The standard InChI is InChI=1S/C26H22ClN5O3/c27-20-6-3-17-12-23(31-30-22(17)13-20)25(34)29-15-19-9-11-32(24(19)18-2-1-10-28-14-18)26(35)16-4-7-21(33)8-5-16/h1-8,10,12-14,19,24,33H,9,11,15H2,(H,29,34). The maximum Gasteiger partial charge on any atom is 0.271 e. The normalized spacial score (nSPS) is 17.5. The summed E-state index contributed by atoms with van der Waals surface area (Å²) in [7, 11) is 0. The Hall–Kier alpha value is -4.04. The van der Waals surface area contributed by atoms with E-state index in [1.807, 2.05) is 12.1 Å². The van der Waals surface area contributed by atoms with Crippen molar-refractivity contribution in [1.29, 1.82) is 0 Å². The number of fused-ring (bicyclic) bond motifs is 1. The van der Waals surface area contributed by atoms with Gasteiger partial charge in [0, 0.05) is 47.4 Å². The molecule has 4 aromatic rings. The van der Waals surface area contributed by atoms with E-state index in [0.29, 0.717) is 35.6 Å². The van der Waals surface area contributed by atoms with Crippen LogP contribution in [-0.4, -0.2) is 50.1 Å². The number of nitrogens with one attached hydrogen (secondary N) is 1. The number of nitrogens with zero attached hydrogens (tertiary/aromatic N) is 4. The van der Waals surface area contributed by atoms with Gasteiger partial charge >= 0.3 is 0 Å². The van der Waals surface area contributed by atoms with Crippen LogP contribution in [0.4, 0.5) is 0 Å². The molecule has 0 bridgehead atoms. The Morgan fingerprint density at radius 3 is 2.69 bits per heavy atom. The zero-order chi connectivity index (χ0) is 24.4. The number of aromatic nitrogens is 3. The van der Waals surface area contributed by atoms with Crippen LogP contribution in [0.15, 0.2) is 73.1 Å². The topological polar surface area (TPSA) is 108 Å². The fourth-order valence-electron chi connectivity index (χ4n) is 4.51. The van der Waals surface area contributed by atoms with E-state index in [9.17, 15) is 14.7 Å². The molecule has 8 nitrogen and oxygen atoms in total. The van der Waals surface area contributed by atoms with Gasteiger partial charge in [0.25, 0.3) is 11.8 Å². The van der Waals surface area contributed by atoms with Crippen LogP contribution in [0.2, 0.25) is 5.02 Å². The third-order valence-corrected chi connectivity index (χ3v) is 6.47. The maximum atomic E-state index is 13.3. The summed E-state index contributed by atoms with van der Waals surface area (Å²) in [6.07, 6.45) is 4.15. The largest absolute Gasteiger partial charge is 0.508 e. The van der Waals surface area contributed by atoms with Gasteiger partial charge in [0.15, 0.2) is 5.69 Å². The minimum atomic E-state index is -0.331. The van der Waals surface area contributed by atoms with Crippen molar-refractivity contribution in [3.05, 3.63) is 94.9 Å². The summed E-state index contributed by atoms with van der Waals surface area (Å²) in [5, 5.41) is 22.0. The number of rotatable bonds is 5. The van der Waals surface area contributed by atoms with Gasteiger partial charge < -0.3 is 15.3 Å². The zero-order valence-corrected chi connectivity index (χ0v) is 19.4. The molecule has 1 saturated heterocycles. The number of carbonyl (C=O) groups excluding carboxylic acids is 2. The molecule has 2 N–H and O–H groups in total. The van der Waals surface area contributed by atoms with Crippen molar-refractivity contribution in [2.75, 3.05) is 13.1 Å². The second-order valence-electron chi connectivity index (χ2n) is 8.47. The lowest BCUT2D eigenvalue weighted by Crippen LogP contribution is -2.36. The van der Waals surface area contributed by atoms with E-state index in [-0.39, 0.29) is 35.2 Å². The highest BCUT2D eigenvalue weighted by Crippen LogP contribution is 2.37. The van der Waals surface area contributed by atoms with E-state index in [4.69, 9.17) is 11.6 Å². The molecule has 9 heteroatoms. The number of halogens is 1. The van der Waals surface area contributed by atoms with Gasteiger partial charge in [0.1, 0.15) is 5.75 Å². The number of benzene rings is 2. The number of pyridine rings is 1. The van der Waals surface area contributed by atoms with Gasteiger partial charge in [0.05, 0.1) is 11.6 Å². The molecule has 0 saturated carbocycles. The van der Waals surface area contributed by atoms with E-state index in [1.165, 1.54) is 12.1 Å². The molecule has 176 valence electrons. The van der Waals surface area contributed by atoms with E-state index >= 15 is 0 Å². The molecule has 5 rings (SSSR count). The minimum absolute atomic E-state index is 0.0172. The third kappa shape index (κ3) is 4.79. The molecule has 2 aromatic carbocycles. The summed E-state index contributed by atoms with van der Waals surface area (Å²) in [5.74, 6) is -0.377. The van der Waals surface area contributed by atoms with Crippen molar-refractivity contribution in [2.24, 2.45) is 5.92 Å². The first-order valence-electron chi connectivity index (χ1n) is 11.2. The van der Waals surface area contributed by atoms with E-state index < -0.39 is 0 Å². The smallest absolute Gasteiger partial charge is 0.271 e. The van der Waals surface area contributed by atoms with E-state index in [0.717, 1.165) is 10.9 Å². The fraction of sp³-hybridized carbons (Fsp3) is 0.192. The highest BCUT2D eigenvalue weighted by atomic mass is 35.5. The molecule has 2 atom stereocenters. The van der Waals surface area contributed by atoms with Gasteiger partial charge in [0.2, 0.25) is 0 Å². The molecule has 0 aliphatic carbocycles. The summed E-state index contributed by atoms with van der Waals surface area (Å²) >= 11 is 6.00. The Morgan fingerprint density at radius 2 is 1.91 bits per heavy atom. The molecule has 1 aliphatic rings. The van der Waals surface area contributed by atoms with Gasteiger partial charge in [-0.05, 0) is 60.5 Å². The van der Waals surface area contributed by atoms with Gasteiger partial charge in [-0.2, -0.15) is 0 Å². The number of carbonyl (C=O) groups is 2. The number of aromatic hydroxyl groups is 1. The van der Waals surface area contributed by atoms with Crippen LogP contribution in [0.3, 0.4) is 0 Å². The van der Waals surface area contributed by atoms with Crippen molar-refractivity contribution < 1.29 is 14.7 Å². The highest BCUT2D eigenvalue weighted by molar-refractivity contribution is 6.31. The lowest BCUT2D eigenvalue weighted by molar-refractivity contribution is 0.0716. The second-order valence-corrected chi connectivity index (χ2v) is 8.90. The first kappa shape index (κ1) is 22.7. The summed E-state index contributed by atoms with van der Waals surface area (Å²) in [4.78, 5) is 32.2. The molecule has 1 aliphatic heterocycles. The van der Waals surface area contributed by atoms with Crippen molar-refractivity contribution in [3.8, 4) is 5.75 Å². The minimum Gasteiger partial charge on any atom is -0.508 e. The Labute approximate surface area is 206 Å². The first-order valence-corrected chi connectivity index (χ1v) is 11.6. The van der Waals surface area contributed by atoms with Crippen LogP contribution in [0.25, 0.3) is 10.9 Å². The number of amides is 2. The predicted octanol–water partition coefficient (Wildman–Crippen LogP) is 4.02. The van der Waals surface area contributed by atoms with Crippen LogP contribution < -0.4 is 5.32 Å². The number of hydrogen-bond donors (Lipinski definition) is 2. The number of hydrogen-bond acceptors (Lipinski definition) is 6. The lowest BCUT2D eigenvalue weighted by atomic mass is 9.94. The van der Waals surface area contributed by atoms with E-state index in [2.05, 4.69) is 20.5 Å². The number of phenols is 1. The average molecular weight is 488 g/mol. The van der Waals surface area contributed by atoms with Crippen LogP contribution in [0.1, 0.15) is 38.9 Å². The SMILES string of the molecule is O=C(NCC1CCN(C(=O)c2ccc(O)cc2)C1c1cccnc1)c1cc2ccc(Cl)cc2nn1. The maximum absolute atomic E-state index is 13.3. The molecule has 1 fully saturated rings. The van der Waals surface area contributed by atoms with Gasteiger partial charge in [-0.15, -0.1) is 10.2 Å². The lowest BCUT2D eigenvalue weighted by Gasteiger charge is -2.29. The molecule has 2 aromatic heterocycles. The first-order chi connectivity index (χ1) is 17.0. The van der Waals surface area contributed by atoms with Crippen molar-refractivity contribution in [3.63, 3.8) is 0 Å². The predicted molar refractivity (Wildman–Crippen MR) is 131 cm³/mol. The summed E-state index contributed by atoms with van der Waals surface area (Å²) in [6.45, 7) is 0.897. The summed E-state index contributed by atoms with van der Waals surface area (Å²) in [6, 6.07) is 16.7. The molecule has 0 spiro atoms. The van der Waals surface area contributed by atoms with Crippen LogP contribution in [0.5, 0.6) is 5.75 Å². The Balaban J connectivity index is 1.34. The third-order valence-electron chi connectivity index (χ3n) is 6.23. The van der Waals surface area contributed by atoms with Gasteiger partial charge in [-0.25, -0.2) is 0 Å². The zero-order valence-electron chi connectivity index (χ0n) is 18.6. The van der Waals surface area contributed by atoms with Crippen LogP contribution in [0, 0.1) is 5.92 Å². The molecule has 3 heterocycles.